The van der Waals surface area contributed by atoms with E-state index < -0.39 is 0 Å². The number of methoxy groups -OCH3 is 1. The first-order chi connectivity index (χ1) is 7.13. The molecule has 0 radical (unpaired) electrons. The van der Waals surface area contributed by atoms with Gasteiger partial charge in [0.15, 0.2) is 6.29 Å². The van der Waals surface area contributed by atoms with Gasteiger partial charge in [-0.15, -0.1) is 0 Å². The summed E-state index contributed by atoms with van der Waals surface area (Å²) >= 11 is 0. The van der Waals surface area contributed by atoms with Crippen molar-refractivity contribution in [3.05, 3.63) is 29.8 Å². The van der Waals surface area contributed by atoms with Crippen LogP contribution in [0, 0.1) is 0 Å². The van der Waals surface area contributed by atoms with Gasteiger partial charge < -0.3 is 9.47 Å². The van der Waals surface area contributed by atoms with Gasteiger partial charge in [0.2, 0.25) is 0 Å². The fraction of sp³-hybridized carbons (Fsp3) is 0.417. The van der Waals surface area contributed by atoms with E-state index >= 15 is 0 Å². The fourth-order valence-corrected chi connectivity index (χ4v) is 1.26. The average molecular weight is 208 g/mol. The highest BCUT2D eigenvalue weighted by Gasteiger charge is 2.08. The van der Waals surface area contributed by atoms with Crippen molar-refractivity contribution >= 4 is 5.78 Å². The molecule has 0 bridgehead atoms. The van der Waals surface area contributed by atoms with Crippen LogP contribution in [0.1, 0.15) is 19.4 Å². The largest absolute Gasteiger partial charge is 0.465 e. The molecule has 0 aliphatic carbocycles. The van der Waals surface area contributed by atoms with E-state index in [0.717, 1.165) is 5.56 Å². The molecule has 0 heterocycles. The standard InChI is InChI=1S/C12H16O3/c1-9(13)8-11-6-4-5-7-12(11)15-10(2)14-3/h4-7,10H,8H2,1-3H3. The van der Waals surface area contributed by atoms with Crippen molar-refractivity contribution in [1.82, 2.24) is 0 Å². The van der Waals surface area contributed by atoms with Crippen LogP contribution >= 0.6 is 0 Å². The number of carbonyl (C=O) groups excluding carboxylic acids is 1. The zero-order chi connectivity index (χ0) is 11.3. The fourth-order valence-electron chi connectivity index (χ4n) is 1.26. The zero-order valence-electron chi connectivity index (χ0n) is 9.32. The number of ether oxygens (including phenoxy) is 2. The maximum absolute atomic E-state index is 11.0. The Bertz CT molecular complexity index is 333. The Morgan fingerprint density at radius 2 is 2.07 bits per heavy atom. The summed E-state index contributed by atoms with van der Waals surface area (Å²) in [6.07, 6.45) is 0.0881. The van der Waals surface area contributed by atoms with Crippen LogP contribution in [0.4, 0.5) is 0 Å². The van der Waals surface area contributed by atoms with E-state index in [1.807, 2.05) is 31.2 Å². The minimum absolute atomic E-state index is 0.121. The molecule has 0 aliphatic rings. The van der Waals surface area contributed by atoms with E-state index in [1.165, 1.54) is 0 Å². The smallest absolute Gasteiger partial charge is 0.196 e. The Hall–Kier alpha value is -1.35. The molecular formula is C12H16O3. The number of carbonyl (C=O) groups is 1. The maximum atomic E-state index is 11.0. The van der Waals surface area contributed by atoms with Crippen LogP contribution in [0.2, 0.25) is 0 Å². The molecule has 1 atom stereocenters. The lowest BCUT2D eigenvalue weighted by molar-refractivity contribution is -0.116. The van der Waals surface area contributed by atoms with E-state index in [4.69, 9.17) is 9.47 Å². The number of Topliss-reactive ketones (excluding diaryl/α,β-unsaturated/α-hetero) is 1. The van der Waals surface area contributed by atoms with Crippen molar-refractivity contribution in [3.8, 4) is 5.75 Å². The average Bonchev–Trinajstić information content (AvgIpc) is 2.20. The second kappa shape index (κ2) is 5.51. The third-order valence-electron chi connectivity index (χ3n) is 2.04. The van der Waals surface area contributed by atoms with Crippen LogP contribution in [-0.2, 0) is 16.0 Å². The third kappa shape index (κ3) is 3.72. The predicted octanol–water partition coefficient (Wildman–Crippen LogP) is 2.19. The normalized spacial score (nSPS) is 12.2. The molecule has 0 saturated carbocycles. The molecule has 3 nitrogen and oxygen atoms in total. The first kappa shape index (κ1) is 11.7. The number of para-hydroxylation sites is 1. The van der Waals surface area contributed by atoms with Gasteiger partial charge in [-0.3, -0.25) is 4.79 Å². The molecule has 82 valence electrons. The third-order valence-corrected chi connectivity index (χ3v) is 2.04. The molecule has 0 aromatic heterocycles. The summed E-state index contributed by atoms with van der Waals surface area (Å²) in [7, 11) is 1.58. The van der Waals surface area contributed by atoms with E-state index in [2.05, 4.69) is 0 Å². The molecule has 3 heteroatoms. The Morgan fingerprint density at radius 3 is 2.67 bits per heavy atom. The number of hydrogen-bond acceptors (Lipinski definition) is 3. The molecule has 0 fully saturated rings. The van der Waals surface area contributed by atoms with Gasteiger partial charge in [-0.25, -0.2) is 0 Å². The van der Waals surface area contributed by atoms with E-state index in [9.17, 15) is 4.79 Å². The maximum Gasteiger partial charge on any atom is 0.196 e. The molecule has 1 rings (SSSR count). The van der Waals surface area contributed by atoms with Crippen molar-refractivity contribution in [2.45, 2.75) is 26.6 Å². The van der Waals surface area contributed by atoms with Crippen LogP contribution in [-0.4, -0.2) is 19.2 Å². The Labute approximate surface area is 90.0 Å². The number of benzene rings is 1. The van der Waals surface area contributed by atoms with E-state index in [0.29, 0.717) is 12.2 Å². The highest BCUT2D eigenvalue weighted by Crippen LogP contribution is 2.20. The van der Waals surface area contributed by atoms with Gasteiger partial charge in [0.25, 0.3) is 0 Å². The molecule has 15 heavy (non-hydrogen) atoms. The highest BCUT2D eigenvalue weighted by atomic mass is 16.7. The lowest BCUT2D eigenvalue weighted by Crippen LogP contribution is -2.15. The second-order valence-corrected chi connectivity index (χ2v) is 3.41. The zero-order valence-corrected chi connectivity index (χ0v) is 9.32. The SMILES string of the molecule is COC(C)Oc1ccccc1CC(C)=O. The van der Waals surface area contributed by atoms with Gasteiger partial charge in [-0.2, -0.15) is 0 Å². The van der Waals surface area contributed by atoms with Crippen LogP contribution in [0.3, 0.4) is 0 Å². The number of hydrogen-bond donors (Lipinski definition) is 0. The molecule has 0 spiro atoms. The first-order valence-electron chi connectivity index (χ1n) is 4.90. The van der Waals surface area contributed by atoms with Gasteiger partial charge in [0.05, 0.1) is 0 Å². The van der Waals surface area contributed by atoms with Crippen LogP contribution < -0.4 is 4.74 Å². The van der Waals surface area contributed by atoms with Gasteiger partial charge in [-0.1, -0.05) is 18.2 Å². The van der Waals surface area contributed by atoms with Crippen LogP contribution in [0.15, 0.2) is 24.3 Å². The molecule has 1 aromatic rings. The van der Waals surface area contributed by atoms with Gasteiger partial charge in [0, 0.05) is 19.1 Å². The molecule has 0 N–H and O–H groups in total. The quantitative estimate of drug-likeness (QED) is 0.696. The van der Waals surface area contributed by atoms with Gasteiger partial charge in [0.1, 0.15) is 11.5 Å². The predicted molar refractivity (Wildman–Crippen MR) is 57.9 cm³/mol. The Kier molecular flexibility index (Phi) is 4.31. The van der Waals surface area contributed by atoms with Crippen molar-refractivity contribution in [3.63, 3.8) is 0 Å². The lowest BCUT2D eigenvalue weighted by atomic mass is 10.1. The summed E-state index contributed by atoms with van der Waals surface area (Å²) in [4.78, 5) is 11.0. The summed E-state index contributed by atoms with van der Waals surface area (Å²) < 4.78 is 10.5. The van der Waals surface area contributed by atoms with Crippen molar-refractivity contribution in [2.24, 2.45) is 0 Å². The summed E-state index contributed by atoms with van der Waals surface area (Å²) in [5.41, 5.74) is 0.897. The highest BCUT2D eigenvalue weighted by molar-refractivity contribution is 5.78. The van der Waals surface area contributed by atoms with Crippen LogP contribution in [0.25, 0.3) is 0 Å². The van der Waals surface area contributed by atoms with Crippen LogP contribution in [0.5, 0.6) is 5.75 Å². The number of ketones is 1. The first-order valence-corrected chi connectivity index (χ1v) is 4.90. The summed E-state index contributed by atoms with van der Waals surface area (Å²) in [6, 6.07) is 7.50. The molecule has 1 unspecified atom stereocenters. The molecule has 0 saturated heterocycles. The minimum atomic E-state index is -0.307. The van der Waals surface area contributed by atoms with Crippen molar-refractivity contribution in [2.75, 3.05) is 7.11 Å². The molecular weight excluding hydrogens is 192 g/mol. The summed E-state index contributed by atoms with van der Waals surface area (Å²) in [6.45, 7) is 3.38. The van der Waals surface area contributed by atoms with Crippen molar-refractivity contribution in [1.29, 1.82) is 0 Å². The minimum Gasteiger partial charge on any atom is -0.465 e. The molecule has 0 aliphatic heterocycles. The van der Waals surface area contributed by atoms with Gasteiger partial charge in [-0.05, 0) is 19.9 Å². The van der Waals surface area contributed by atoms with Crippen molar-refractivity contribution < 1.29 is 14.3 Å². The van der Waals surface area contributed by atoms with E-state index in [-0.39, 0.29) is 12.1 Å². The Balaban J connectivity index is 2.81. The summed E-state index contributed by atoms with van der Waals surface area (Å²) in [5, 5.41) is 0. The summed E-state index contributed by atoms with van der Waals surface area (Å²) in [5.74, 6) is 0.832. The van der Waals surface area contributed by atoms with Gasteiger partial charge >= 0.3 is 0 Å². The topological polar surface area (TPSA) is 35.5 Å². The monoisotopic (exact) mass is 208 g/mol. The molecule has 0 amide bonds. The molecule has 1 aromatic carbocycles. The second-order valence-electron chi connectivity index (χ2n) is 3.41. The Morgan fingerprint density at radius 1 is 1.40 bits per heavy atom. The van der Waals surface area contributed by atoms with E-state index in [1.54, 1.807) is 14.0 Å². The number of rotatable bonds is 5. The lowest BCUT2D eigenvalue weighted by Gasteiger charge is -2.15.